The first-order chi connectivity index (χ1) is 7.88. The van der Waals surface area contributed by atoms with Crippen molar-refractivity contribution in [1.82, 2.24) is 9.78 Å². The highest BCUT2D eigenvalue weighted by molar-refractivity contribution is 5.79. The highest BCUT2D eigenvalue weighted by Gasteiger charge is 2.19. The maximum Gasteiger partial charge on any atom is 0.0685 e. The number of aliphatic hydroxyl groups is 1. The molecule has 0 amide bonds. The summed E-state index contributed by atoms with van der Waals surface area (Å²) in [5, 5.41) is 14.7. The summed E-state index contributed by atoms with van der Waals surface area (Å²) in [7, 11) is 0. The normalized spacial score (nSPS) is 17.3. The SMILES string of the molecule is OCc1ccc2c(cnn2C2CCCC2)c1. The van der Waals surface area contributed by atoms with Crippen LogP contribution in [0.15, 0.2) is 24.4 Å². The van der Waals surface area contributed by atoms with E-state index in [2.05, 4.69) is 15.8 Å². The monoisotopic (exact) mass is 216 g/mol. The van der Waals surface area contributed by atoms with Crippen molar-refractivity contribution in [3.63, 3.8) is 0 Å². The molecule has 1 saturated carbocycles. The van der Waals surface area contributed by atoms with Crippen LogP contribution in [-0.2, 0) is 6.61 Å². The molecular formula is C13H16N2O. The average molecular weight is 216 g/mol. The van der Waals surface area contributed by atoms with E-state index in [9.17, 15) is 0 Å². The summed E-state index contributed by atoms with van der Waals surface area (Å²) in [4.78, 5) is 0. The number of hydrogen-bond donors (Lipinski definition) is 1. The molecule has 1 aromatic carbocycles. The average Bonchev–Trinajstić information content (AvgIpc) is 2.96. The Morgan fingerprint density at radius 3 is 2.88 bits per heavy atom. The molecule has 1 heterocycles. The van der Waals surface area contributed by atoms with E-state index in [0.29, 0.717) is 6.04 Å². The molecule has 3 heteroatoms. The van der Waals surface area contributed by atoms with Gasteiger partial charge in [-0.25, -0.2) is 0 Å². The quantitative estimate of drug-likeness (QED) is 0.838. The lowest BCUT2D eigenvalue weighted by atomic mass is 10.1. The zero-order valence-electron chi connectivity index (χ0n) is 9.26. The Hall–Kier alpha value is -1.35. The van der Waals surface area contributed by atoms with Crippen LogP contribution in [0.3, 0.4) is 0 Å². The molecule has 0 bridgehead atoms. The van der Waals surface area contributed by atoms with Crippen LogP contribution in [0, 0.1) is 0 Å². The third-order valence-corrected chi connectivity index (χ3v) is 3.51. The Balaban J connectivity index is 2.06. The van der Waals surface area contributed by atoms with Crippen LogP contribution in [0.4, 0.5) is 0 Å². The van der Waals surface area contributed by atoms with E-state index in [1.807, 2.05) is 18.3 Å². The third kappa shape index (κ3) is 1.52. The van der Waals surface area contributed by atoms with E-state index in [1.165, 1.54) is 31.2 Å². The number of benzene rings is 1. The van der Waals surface area contributed by atoms with Crippen molar-refractivity contribution in [2.45, 2.75) is 38.3 Å². The van der Waals surface area contributed by atoms with E-state index in [0.717, 1.165) is 10.9 Å². The highest BCUT2D eigenvalue weighted by Crippen LogP contribution is 2.31. The molecule has 3 rings (SSSR count). The predicted octanol–water partition coefficient (Wildman–Crippen LogP) is 2.64. The number of rotatable bonds is 2. The molecule has 1 fully saturated rings. The fourth-order valence-corrected chi connectivity index (χ4v) is 2.64. The molecule has 0 atom stereocenters. The van der Waals surface area contributed by atoms with Gasteiger partial charge in [0.1, 0.15) is 0 Å². The molecule has 3 nitrogen and oxygen atoms in total. The number of nitrogens with zero attached hydrogens (tertiary/aromatic N) is 2. The van der Waals surface area contributed by atoms with Crippen LogP contribution in [0.2, 0.25) is 0 Å². The van der Waals surface area contributed by atoms with Crippen LogP contribution in [0.1, 0.15) is 37.3 Å². The summed E-state index contributed by atoms with van der Waals surface area (Å²) in [5.74, 6) is 0. The summed E-state index contributed by atoms with van der Waals surface area (Å²) < 4.78 is 2.16. The largest absolute Gasteiger partial charge is 0.392 e. The molecule has 1 N–H and O–H groups in total. The highest BCUT2D eigenvalue weighted by atomic mass is 16.3. The van der Waals surface area contributed by atoms with Gasteiger partial charge in [-0.05, 0) is 30.5 Å². The molecule has 84 valence electrons. The first kappa shape index (κ1) is 9.85. The third-order valence-electron chi connectivity index (χ3n) is 3.51. The fraction of sp³-hybridized carbons (Fsp3) is 0.462. The minimum absolute atomic E-state index is 0.102. The molecule has 0 aliphatic heterocycles. The zero-order chi connectivity index (χ0) is 11.0. The van der Waals surface area contributed by atoms with Crippen LogP contribution in [-0.4, -0.2) is 14.9 Å². The van der Waals surface area contributed by atoms with Crippen LogP contribution < -0.4 is 0 Å². The van der Waals surface area contributed by atoms with Gasteiger partial charge in [-0.2, -0.15) is 5.10 Å². The summed E-state index contributed by atoms with van der Waals surface area (Å²) in [6.07, 6.45) is 7.05. The Bertz CT molecular complexity index is 498. The molecule has 0 saturated heterocycles. The molecule has 0 radical (unpaired) electrons. The topological polar surface area (TPSA) is 38.1 Å². The first-order valence-electron chi connectivity index (χ1n) is 5.95. The van der Waals surface area contributed by atoms with Crippen molar-refractivity contribution in [1.29, 1.82) is 0 Å². The van der Waals surface area contributed by atoms with Crippen molar-refractivity contribution in [2.75, 3.05) is 0 Å². The predicted molar refractivity (Wildman–Crippen MR) is 63.2 cm³/mol. The van der Waals surface area contributed by atoms with Gasteiger partial charge in [0.25, 0.3) is 0 Å². The van der Waals surface area contributed by atoms with Crippen molar-refractivity contribution >= 4 is 10.9 Å². The van der Waals surface area contributed by atoms with E-state index in [-0.39, 0.29) is 6.61 Å². The molecule has 0 unspecified atom stereocenters. The van der Waals surface area contributed by atoms with Gasteiger partial charge >= 0.3 is 0 Å². The van der Waals surface area contributed by atoms with Gasteiger partial charge in [-0.1, -0.05) is 18.9 Å². The molecule has 1 aliphatic rings. The number of fused-ring (bicyclic) bond motifs is 1. The van der Waals surface area contributed by atoms with Crippen LogP contribution in [0.5, 0.6) is 0 Å². The zero-order valence-corrected chi connectivity index (χ0v) is 9.26. The molecule has 2 aromatic rings. The minimum Gasteiger partial charge on any atom is -0.392 e. The molecule has 1 aliphatic carbocycles. The Labute approximate surface area is 94.7 Å². The molecule has 1 aromatic heterocycles. The lowest BCUT2D eigenvalue weighted by Gasteiger charge is -2.11. The Morgan fingerprint density at radius 2 is 2.12 bits per heavy atom. The van der Waals surface area contributed by atoms with Gasteiger partial charge in [0.05, 0.1) is 24.4 Å². The van der Waals surface area contributed by atoms with Gasteiger partial charge < -0.3 is 5.11 Å². The summed E-state index contributed by atoms with van der Waals surface area (Å²) in [5.41, 5.74) is 2.16. The van der Waals surface area contributed by atoms with Gasteiger partial charge in [-0.3, -0.25) is 4.68 Å². The number of aromatic nitrogens is 2. The summed E-state index contributed by atoms with van der Waals surface area (Å²) in [6.45, 7) is 0.102. The smallest absolute Gasteiger partial charge is 0.0685 e. The number of hydrogen-bond acceptors (Lipinski definition) is 2. The van der Waals surface area contributed by atoms with Gasteiger partial charge in [-0.15, -0.1) is 0 Å². The van der Waals surface area contributed by atoms with Crippen LogP contribution in [0.25, 0.3) is 10.9 Å². The van der Waals surface area contributed by atoms with Crippen molar-refractivity contribution < 1.29 is 5.11 Å². The lowest BCUT2D eigenvalue weighted by Crippen LogP contribution is -2.05. The van der Waals surface area contributed by atoms with E-state index in [1.54, 1.807) is 0 Å². The Morgan fingerprint density at radius 1 is 1.31 bits per heavy atom. The standard InChI is InChI=1S/C13H16N2O/c16-9-10-5-6-13-11(7-10)8-14-15(13)12-3-1-2-4-12/h5-8,12,16H,1-4,9H2. The van der Waals surface area contributed by atoms with Gasteiger partial charge in [0.15, 0.2) is 0 Å². The maximum absolute atomic E-state index is 9.09. The molecule has 16 heavy (non-hydrogen) atoms. The van der Waals surface area contributed by atoms with Gasteiger partial charge in [0, 0.05) is 5.39 Å². The summed E-state index contributed by atoms with van der Waals surface area (Å²) in [6, 6.07) is 6.66. The van der Waals surface area contributed by atoms with Crippen LogP contribution >= 0.6 is 0 Å². The van der Waals surface area contributed by atoms with Crippen molar-refractivity contribution in [3.8, 4) is 0 Å². The minimum atomic E-state index is 0.102. The second-order valence-corrected chi connectivity index (χ2v) is 4.58. The fourth-order valence-electron chi connectivity index (χ4n) is 2.64. The van der Waals surface area contributed by atoms with E-state index >= 15 is 0 Å². The second-order valence-electron chi connectivity index (χ2n) is 4.58. The van der Waals surface area contributed by atoms with Crippen molar-refractivity contribution in [3.05, 3.63) is 30.0 Å². The molecule has 0 spiro atoms. The second kappa shape index (κ2) is 3.91. The Kier molecular flexibility index (Phi) is 2.40. The van der Waals surface area contributed by atoms with Gasteiger partial charge in [0.2, 0.25) is 0 Å². The van der Waals surface area contributed by atoms with E-state index in [4.69, 9.17) is 5.11 Å². The number of aliphatic hydroxyl groups excluding tert-OH is 1. The first-order valence-corrected chi connectivity index (χ1v) is 5.95. The summed E-state index contributed by atoms with van der Waals surface area (Å²) >= 11 is 0. The van der Waals surface area contributed by atoms with Crippen molar-refractivity contribution in [2.24, 2.45) is 0 Å². The van der Waals surface area contributed by atoms with E-state index < -0.39 is 0 Å². The molecular weight excluding hydrogens is 200 g/mol. The maximum atomic E-state index is 9.09. The lowest BCUT2D eigenvalue weighted by molar-refractivity contribution is 0.282.